The zero-order valence-corrected chi connectivity index (χ0v) is 17.8. The van der Waals surface area contributed by atoms with E-state index in [0.29, 0.717) is 24.2 Å². The molecule has 2 aliphatic rings. The third-order valence-corrected chi connectivity index (χ3v) is 5.43. The molecule has 1 aliphatic carbocycles. The van der Waals surface area contributed by atoms with Gasteiger partial charge in [-0.15, -0.1) is 0 Å². The van der Waals surface area contributed by atoms with Gasteiger partial charge in [-0.1, -0.05) is 26.0 Å². The molecule has 0 saturated carbocycles. The van der Waals surface area contributed by atoms with Gasteiger partial charge in [-0.05, 0) is 36.5 Å². The van der Waals surface area contributed by atoms with Crippen molar-refractivity contribution < 1.29 is 23.8 Å². The smallest absolute Gasteiger partial charge is 0.336 e. The van der Waals surface area contributed by atoms with Gasteiger partial charge in [0.25, 0.3) is 0 Å². The second kappa shape index (κ2) is 8.41. The van der Waals surface area contributed by atoms with Crippen molar-refractivity contribution in [2.24, 2.45) is 5.41 Å². The molecule has 6 nitrogen and oxygen atoms in total. The quantitative estimate of drug-likeness (QED) is 0.583. The van der Waals surface area contributed by atoms with Gasteiger partial charge < -0.3 is 19.5 Å². The predicted octanol–water partition coefficient (Wildman–Crippen LogP) is 3.49. The number of allylic oxidation sites excluding steroid dienone is 3. The molecule has 1 atom stereocenters. The van der Waals surface area contributed by atoms with Gasteiger partial charge in [0.15, 0.2) is 5.78 Å². The van der Waals surface area contributed by atoms with E-state index in [9.17, 15) is 9.59 Å². The molecule has 0 radical (unpaired) electrons. The van der Waals surface area contributed by atoms with E-state index < -0.39 is 11.9 Å². The van der Waals surface area contributed by atoms with Crippen molar-refractivity contribution in [3.05, 3.63) is 52.4 Å². The Morgan fingerprint density at radius 3 is 2.45 bits per heavy atom. The molecule has 0 aromatic heterocycles. The van der Waals surface area contributed by atoms with E-state index in [-0.39, 0.29) is 17.8 Å². The molecule has 1 aliphatic heterocycles. The predicted molar refractivity (Wildman–Crippen MR) is 109 cm³/mol. The van der Waals surface area contributed by atoms with E-state index in [2.05, 4.69) is 19.2 Å². The van der Waals surface area contributed by atoms with E-state index in [0.717, 1.165) is 29.1 Å². The van der Waals surface area contributed by atoms with Crippen LogP contribution in [0.3, 0.4) is 0 Å². The number of Topliss-reactive ketones (excluding diaryl/α,β-unsaturated/α-hetero) is 1. The number of dihydropyridines is 1. The first-order chi connectivity index (χ1) is 13.8. The lowest BCUT2D eigenvalue weighted by Crippen LogP contribution is -2.38. The van der Waals surface area contributed by atoms with E-state index in [1.165, 1.54) is 0 Å². The number of benzene rings is 1. The Hall–Kier alpha value is -2.60. The third kappa shape index (κ3) is 4.37. The highest BCUT2D eigenvalue weighted by Crippen LogP contribution is 2.46. The highest BCUT2D eigenvalue weighted by atomic mass is 16.6. The summed E-state index contributed by atoms with van der Waals surface area (Å²) in [6.45, 7) is 6.52. The molecule has 1 aromatic carbocycles. The number of esters is 1. The second-order valence-corrected chi connectivity index (χ2v) is 8.33. The van der Waals surface area contributed by atoms with Crippen LogP contribution in [0, 0.1) is 5.41 Å². The minimum atomic E-state index is -0.462. The number of ether oxygens (including phenoxy) is 3. The molecular weight excluding hydrogens is 370 g/mol. The number of hydrogen-bond acceptors (Lipinski definition) is 6. The lowest BCUT2D eigenvalue weighted by Gasteiger charge is -2.39. The minimum absolute atomic E-state index is 0.0688. The Bertz CT molecular complexity index is 864. The van der Waals surface area contributed by atoms with Gasteiger partial charge in [0, 0.05) is 36.4 Å². The molecule has 1 aromatic rings. The summed E-state index contributed by atoms with van der Waals surface area (Å²) in [5.74, 6) is -0.106. The maximum Gasteiger partial charge on any atom is 0.336 e. The lowest BCUT2D eigenvalue weighted by molar-refractivity contribution is -0.140. The topological polar surface area (TPSA) is 73.9 Å². The first-order valence-corrected chi connectivity index (χ1v) is 9.81. The summed E-state index contributed by atoms with van der Waals surface area (Å²) in [4.78, 5) is 26.1. The van der Waals surface area contributed by atoms with Crippen LogP contribution < -0.4 is 10.1 Å². The highest BCUT2D eigenvalue weighted by Gasteiger charge is 2.43. The molecule has 0 saturated heterocycles. The SMILES string of the molecule is COCCOC(=O)C1=C(C)NC2=C(C(=O)CC(C)(C)C2)[C@@H]1c1ccc(OC)cc1. The van der Waals surface area contributed by atoms with Crippen molar-refractivity contribution in [2.45, 2.75) is 39.5 Å². The van der Waals surface area contributed by atoms with Crippen molar-refractivity contribution in [1.82, 2.24) is 5.32 Å². The summed E-state index contributed by atoms with van der Waals surface area (Å²) >= 11 is 0. The molecule has 0 amide bonds. The normalized spacial score (nSPS) is 20.9. The number of carbonyl (C=O) groups excluding carboxylic acids is 2. The zero-order valence-electron chi connectivity index (χ0n) is 17.8. The minimum Gasteiger partial charge on any atom is -0.497 e. The van der Waals surface area contributed by atoms with Gasteiger partial charge >= 0.3 is 5.97 Å². The summed E-state index contributed by atoms with van der Waals surface area (Å²) < 4.78 is 15.7. The van der Waals surface area contributed by atoms with E-state index >= 15 is 0 Å². The van der Waals surface area contributed by atoms with Crippen LogP contribution in [0.4, 0.5) is 0 Å². The molecule has 0 fully saturated rings. The van der Waals surface area contributed by atoms with Crippen molar-refractivity contribution in [3.8, 4) is 5.75 Å². The Labute approximate surface area is 171 Å². The molecule has 6 heteroatoms. The zero-order chi connectivity index (χ0) is 21.2. The fourth-order valence-corrected chi connectivity index (χ4v) is 4.13. The average Bonchev–Trinajstić information content (AvgIpc) is 2.66. The standard InChI is InChI=1S/C23H29NO5/c1-14-19(22(26)29-11-10-27-4)20(15-6-8-16(28-5)9-7-15)21-17(24-14)12-23(2,3)13-18(21)25/h6-9,20,24H,10-13H2,1-5H3/t20-/m1/s1. The van der Waals surface area contributed by atoms with Crippen molar-refractivity contribution >= 4 is 11.8 Å². The average molecular weight is 399 g/mol. The van der Waals surface area contributed by atoms with Crippen LogP contribution >= 0.6 is 0 Å². The fraction of sp³-hybridized carbons (Fsp3) is 0.478. The molecule has 1 heterocycles. The number of ketones is 1. The fourth-order valence-electron chi connectivity index (χ4n) is 4.13. The summed E-state index contributed by atoms with van der Waals surface area (Å²) in [7, 11) is 3.16. The number of hydrogen-bond donors (Lipinski definition) is 1. The van der Waals surface area contributed by atoms with Crippen molar-refractivity contribution in [3.63, 3.8) is 0 Å². The Balaban J connectivity index is 2.07. The second-order valence-electron chi connectivity index (χ2n) is 8.33. The molecule has 0 unspecified atom stereocenters. The number of rotatable bonds is 6. The largest absolute Gasteiger partial charge is 0.497 e. The Kier molecular flexibility index (Phi) is 6.13. The van der Waals surface area contributed by atoms with Crippen LogP contribution in [0.1, 0.15) is 45.1 Å². The van der Waals surface area contributed by atoms with Crippen LogP contribution in [-0.4, -0.2) is 39.2 Å². The van der Waals surface area contributed by atoms with E-state index in [4.69, 9.17) is 14.2 Å². The summed E-state index contributed by atoms with van der Waals surface area (Å²) in [6, 6.07) is 7.50. The summed E-state index contributed by atoms with van der Waals surface area (Å²) in [5, 5.41) is 3.33. The van der Waals surface area contributed by atoms with E-state index in [1.54, 1.807) is 14.2 Å². The maximum absolute atomic E-state index is 13.2. The monoisotopic (exact) mass is 399 g/mol. The van der Waals surface area contributed by atoms with Crippen LogP contribution in [0.25, 0.3) is 0 Å². The maximum atomic E-state index is 13.2. The van der Waals surface area contributed by atoms with Crippen molar-refractivity contribution in [1.29, 1.82) is 0 Å². The number of carbonyl (C=O) groups is 2. The van der Waals surface area contributed by atoms with Gasteiger partial charge in [-0.2, -0.15) is 0 Å². The molecule has 29 heavy (non-hydrogen) atoms. The number of methoxy groups -OCH3 is 2. The molecule has 156 valence electrons. The van der Waals surface area contributed by atoms with Crippen LogP contribution in [0.15, 0.2) is 46.8 Å². The summed E-state index contributed by atoms with van der Waals surface area (Å²) in [6.07, 6.45) is 1.20. The van der Waals surface area contributed by atoms with Gasteiger partial charge in [0.05, 0.1) is 19.3 Å². The molecule has 0 spiro atoms. The third-order valence-electron chi connectivity index (χ3n) is 5.43. The van der Waals surface area contributed by atoms with Crippen LogP contribution in [-0.2, 0) is 19.1 Å². The Morgan fingerprint density at radius 2 is 1.83 bits per heavy atom. The molecule has 3 rings (SSSR count). The van der Waals surface area contributed by atoms with Crippen LogP contribution in [0.5, 0.6) is 5.75 Å². The van der Waals surface area contributed by atoms with Crippen molar-refractivity contribution in [2.75, 3.05) is 27.4 Å². The van der Waals surface area contributed by atoms with Gasteiger partial charge in [-0.3, -0.25) is 4.79 Å². The lowest BCUT2D eigenvalue weighted by atomic mass is 9.68. The number of nitrogens with one attached hydrogen (secondary N) is 1. The van der Waals surface area contributed by atoms with Gasteiger partial charge in [-0.25, -0.2) is 4.79 Å². The van der Waals surface area contributed by atoms with Crippen LogP contribution in [0.2, 0.25) is 0 Å². The highest BCUT2D eigenvalue weighted by molar-refractivity contribution is 6.04. The first-order valence-electron chi connectivity index (χ1n) is 9.81. The first kappa shape index (κ1) is 21.1. The molecule has 1 N–H and O–H groups in total. The van der Waals surface area contributed by atoms with Gasteiger partial charge in [0.2, 0.25) is 0 Å². The summed E-state index contributed by atoms with van der Waals surface area (Å²) in [5.41, 5.74) is 3.50. The van der Waals surface area contributed by atoms with E-state index in [1.807, 2.05) is 31.2 Å². The Morgan fingerprint density at radius 1 is 1.14 bits per heavy atom. The molecule has 0 bridgehead atoms. The molecular formula is C23H29NO5. The van der Waals surface area contributed by atoms with Gasteiger partial charge in [0.1, 0.15) is 12.4 Å².